The minimum atomic E-state index is -1.36. The minimum absolute atomic E-state index is 0. The molecule has 2 radical (unpaired) electrons. The van der Waals surface area contributed by atoms with Gasteiger partial charge in [-0.15, -0.1) is 89.3 Å². The van der Waals surface area contributed by atoms with E-state index < -0.39 is 89.8 Å². The van der Waals surface area contributed by atoms with Crippen LogP contribution in [0.3, 0.4) is 0 Å². The van der Waals surface area contributed by atoms with Gasteiger partial charge < -0.3 is 28.5 Å². The third kappa shape index (κ3) is 12.8. The Morgan fingerprint density at radius 2 is 1.39 bits per heavy atom. The Bertz CT molecular complexity index is 1230. The largest absolute Gasteiger partial charge is 0.384 e. The Balaban J connectivity index is 0.00000451. The number of ketones is 1. The van der Waals surface area contributed by atoms with Gasteiger partial charge in [-0.1, -0.05) is 31.7 Å². The van der Waals surface area contributed by atoms with Gasteiger partial charge in [0.2, 0.25) is 0 Å². The van der Waals surface area contributed by atoms with E-state index in [0.29, 0.717) is 12.8 Å². The second-order valence-corrected chi connectivity index (χ2v) is 86.7. The molecule has 290 valence electrons. The normalized spacial score (nSPS) is 36.3. The number of rotatable bonds is 13. The van der Waals surface area contributed by atoms with E-state index in [0.717, 1.165) is 11.1 Å². The molecule has 16 unspecified atom stereocenters. The van der Waals surface area contributed by atoms with Crippen molar-refractivity contribution in [2.75, 3.05) is 6.61 Å². The van der Waals surface area contributed by atoms with Gasteiger partial charge in [-0.25, -0.2) is 0 Å². The SMILES string of the molecule is CC1=C2[C@@H](O)C(=O)[C@]3(C)[C@@H](OP(P(P)P)P(P)P)C[C@H]4OC[C@@]4(O)[C@H]3[C@H](OPP)C(C[C@@H]1OP(P(P)P(P)P)P(P(P)P)P(P)P)C2(C)C.[Ac].[Ac]. The van der Waals surface area contributed by atoms with Crippen LogP contribution in [0.15, 0.2) is 11.1 Å². The van der Waals surface area contributed by atoms with E-state index in [1.165, 1.54) is 0 Å². The van der Waals surface area contributed by atoms with Gasteiger partial charge in [0, 0.05) is 123 Å². The summed E-state index contributed by atoms with van der Waals surface area (Å²) in [5.41, 5.74) is -1.37. The minimum Gasteiger partial charge on any atom is -0.384 e. The molecular weight excluding hydrogens is 1490 g/mol. The molecule has 0 spiro atoms. The first-order valence-corrected chi connectivity index (χ1v) is 52.1. The molecule has 0 aromatic heterocycles. The maximum atomic E-state index is 15.3. The Hall–Kier alpha value is 11.5. The van der Waals surface area contributed by atoms with Crippen LogP contribution < -0.4 is 0 Å². The van der Waals surface area contributed by atoms with Gasteiger partial charge in [0.1, 0.15) is 11.7 Å². The van der Waals surface area contributed by atoms with Crippen molar-refractivity contribution in [2.45, 2.75) is 76.7 Å². The second-order valence-electron chi connectivity index (χ2n) is 13.1. The molecule has 2 saturated carbocycles. The summed E-state index contributed by atoms with van der Waals surface area (Å²) in [6.07, 6.45) is -2.08. The molecule has 1 saturated heterocycles. The average Bonchev–Trinajstić information content (AvgIpc) is 2.97. The van der Waals surface area contributed by atoms with Crippen molar-refractivity contribution in [3.8, 4) is 0 Å². The van der Waals surface area contributed by atoms with Gasteiger partial charge in [0.15, 0.2) is 5.78 Å². The third-order valence-electron chi connectivity index (χ3n) is 10.2. The van der Waals surface area contributed by atoms with Crippen molar-refractivity contribution in [1.82, 2.24) is 0 Å². The standard InChI is InChI=1S/C20H52O7P22.2Ac/c1-8-10(26-42(48(39)45(33)34)49(46(35)36)47(37)38)5-9-15(25-40-28)16-19(4,17(22)14(21)13(8)18(9,2)3)11(6-12-20(16,23)7-24-12)27-41(43(29)30)44(31)32;;/h9-12,14-16,21,23,40H,5-7,28-39H2,1-4H3;;/t9?,10-,11-,12+,14+,15+,16-,19+,20-,42?,48?;;/m0../s1. The number of hydrogen-bond donors (Lipinski definition) is 2. The molecule has 24 atom stereocenters. The molecule has 0 aromatic carbocycles. The van der Waals surface area contributed by atoms with Gasteiger partial charge in [0.25, 0.3) is 0 Å². The zero-order valence-electron chi connectivity index (χ0n) is 28.7. The average molecular weight is 1540 g/mol. The maximum Gasteiger partial charge on any atom is 0.174 e. The number of ether oxygens (including phenoxy) is 1. The van der Waals surface area contributed by atoms with Crippen LogP contribution in [-0.4, -0.2) is 58.7 Å². The summed E-state index contributed by atoms with van der Waals surface area (Å²) < 4.78 is 27.4. The fourth-order valence-electron chi connectivity index (χ4n) is 7.90. The van der Waals surface area contributed by atoms with Gasteiger partial charge in [-0.2, -0.15) is 0 Å². The number of aliphatic hydroxyl groups excluding tert-OH is 1. The van der Waals surface area contributed by atoms with Crippen molar-refractivity contribution in [2.24, 2.45) is 22.7 Å². The van der Waals surface area contributed by atoms with Crippen molar-refractivity contribution >= 4 is 185 Å². The van der Waals surface area contributed by atoms with E-state index in [1.54, 1.807) is 0 Å². The Morgan fingerprint density at radius 3 is 1.82 bits per heavy atom. The summed E-state index contributed by atoms with van der Waals surface area (Å²) in [5, 5.41) is 25.1. The molecule has 3 aliphatic carbocycles. The molecule has 4 rings (SSSR count). The third-order valence-corrected chi connectivity index (χ3v) is 104. The maximum absolute atomic E-state index is 15.3. The monoisotopic (exact) mass is 1540 g/mol. The molecule has 0 aromatic rings. The first-order chi connectivity index (χ1) is 22.6. The fourth-order valence-corrected chi connectivity index (χ4v) is 138. The van der Waals surface area contributed by atoms with E-state index in [1.807, 2.05) is 6.92 Å². The van der Waals surface area contributed by atoms with E-state index >= 15 is 4.79 Å². The molecular formula is C20H52Ac2O7P22. The first-order valence-electron chi connectivity index (χ1n) is 14.7. The number of aliphatic hydroxyl groups is 2. The zero-order valence-corrected chi connectivity index (χ0v) is 61.1. The van der Waals surface area contributed by atoms with Crippen LogP contribution in [0, 0.1) is 111 Å². The quantitative estimate of drug-likeness (QED) is 0.140. The summed E-state index contributed by atoms with van der Waals surface area (Å²) in [5.74, 6) is -1.07. The number of carbonyl (C=O) groups is 1. The summed E-state index contributed by atoms with van der Waals surface area (Å²) in [6.45, 7) is 5.13. The van der Waals surface area contributed by atoms with Gasteiger partial charge in [-0.3, -0.25) is 4.79 Å². The van der Waals surface area contributed by atoms with Crippen LogP contribution in [0.2, 0.25) is 0 Å². The van der Waals surface area contributed by atoms with Gasteiger partial charge in [-0.05, 0) is 77.7 Å². The molecule has 51 heavy (non-hydrogen) atoms. The van der Waals surface area contributed by atoms with Gasteiger partial charge in [0.05, 0.1) is 51.5 Å². The first kappa shape index (κ1) is 58.6. The molecule has 3 fully saturated rings. The van der Waals surface area contributed by atoms with Crippen molar-refractivity contribution in [1.29, 1.82) is 0 Å². The number of carbonyl (C=O) groups excluding carboxylic acids is 1. The molecule has 0 amide bonds. The summed E-state index contributed by atoms with van der Waals surface area (Å²) in [4.78, 5) is 15.3. The molecule has 2 bridgehead atoms. The van der Waals surface area contributed by atoms with E-state index in [-0.39, 0.29) is 142 Å². The van der Waals surface area contributed by atoms with Crippen LogP contribution in [-0.2, 0) is 23.1 Å². The van der Waals surface area contributed by atoms with Crippen molar-refractivity contribution < 1.29 is 121 Å². The van der Waals surface area contributed by atoms with Crippen LogP contribution >= 0.6 is 180 Å². The van der Waals surface area contributed by atoms with Crippen LogP contribution in [0.5, 0.6) is 0 Å². The van der Waals surface area contributed by atoms with E-state index in [4.69, 9.17) is 18.3 Å². The van der Waals surface area contributed by atoms with Crippen molar-refractivity contribution in [3.05, 3.63) is 11.1 Å². The molecule has 1 aliphatic heterocycles. The smallest absolute Gasteiger partial charge is 0.174 e. The van der Waals surface area contributed by atoms with Crippen molar-refractivity contribution in [3.63, 3.8) is 0 Å². The summed E-state index contributed by atoms with van der Waals surface area (Å²) >= 11 is 0. The van der Waals surface area contributed by atoms with Crippen LogP contribution in [0.25, 0.3) is 0 Å². The molecule has 4 aliphatic rings. The Morgan fingerprint density at radius 1 is 0.843 bits per heavy atom. The zero-order chi connectivity index (χ0) is 37.1. The van der Waals surface area contributed by atoms with Gasteiger partial charge >= 0.3 is 0 Å². The number of fused-ring (bicyclic) bond motifs is 5. The molecule has 7 nitrogen and oxygen atoms in total. The fraction of sp³-hybridized carbons (Fsp3) is 0.850. The summed E-state index contributed by atoms with van der Waals surface area (Å²) in [6, 6.07) is 0. The number of Topliss-reactive ketones (excluding diaryl/α,β-unsaturated/α-hetero) is 1. The van der Waals surface area contributed by atoms with Crippen LogP contribution in [0.4, 0.5) is 0 Å². The van der Waals surface area contributed by atoms with E-state index in [9.17, 15) is 10.2 Å². The Kier molecular flexibility index (Phi) is 29.0. The predicted molar refractivity (Wildman–Crippen MR) is 278 cm³/mol. The molecule has 1 heterocycles. The van der Waals surface area contributed by atoms with E-state index in [2.05, 4.69) is 128 Å². The summed E-state index contributed by atoms with van der Waals surface area (Å²) in [7, 11) is 34.3. The Labute approximate surface area is 417 Å². The topological polar surface area (TPSA) is 94.5 Å². The number of hydrogen-bond acceptors (Lipinski definition) is 7. The second kappa shape index (κ2) is 25.2. The van der Waals surface area contributed by atoms with Crippen LogP contribution in [0.1, 0.15) is 40.5 Å². The predicted octanol–water partition coefficient (Wildman–Crippen LogP) is 13.3. The molecule has 2 N–H and O–H groups in total. The molecule has 31 heteroatoms.